The third-order valence-electron chi connectivity index (χ3n) is 3.75. The van der Waals surface area contributed by atoms with Crippen molar-refractivity contribution in [2.75, 3.05) is 13.2 Å². The van der Waals surface area contributed by atoms with E-state index in [4.69, 9.17) is 9.47 Å². The molecule has 0 fully saturated rings. The molecule has 0 aromatic heterocycles. The number of hydrogen-bond acceptors (Lipinski definition) is 4. The Morgan fingerprint density at radius 3 is 2.71 bits per heavy atom. The molecule has 0 saturated carbocycles. The van der Waals surface area contributed by atoms with Crippen LogP contribution in [0.2, 0.25) is 0 Å². The van der Waals surface area contributed by atoms with E-state index in [1.54, 1.807) is 12.1 Å². The van der Waals surface area contributed by atoms with E-state index in [1.165, 1.54) is 0 Å². The standard InChI is InChI=1S/C18H18BrNO4/c19-14-9-12(10-15-17(14)24-8-4-7-23-15)11-20-16(18(21)22)13-5-2-1-3-6-13/h1-3,5-6,9-10,16,20H,4,7-8,11H2,(H,21,22)/t16-/m1/s1. The summed E-state index contributed by atoms with van der Waals surface area (Å²) in [4.78, 5) is 11.5. The van der Waals surface area contributed by atoms with Crippen molar-refractivity contribution >= 4 is 21.9 Å². The van der Waals surface area contributed by atoms with Crippen LogP contribution in [0.25, 0.3) is 0 Å². The van der Waals surface area contributed by atoms with Gasteiger partial charge < -0.3 is 14.6 Å². The zero-order chi connectivity index (χ0) is 16.9. The summed E-state index contributed by atoms with van der Waals surface area (Å²) in [7, 11) is 0. The van der Waals surface area contributed by atoms with E-state index < -0.39 is 12.0 Å². The quantitative estimate of drug-likeness (QED) is 0.815. The minimum absolute atomic E-state index is 0.404. The fourth-order valence-electron chi connectivity index (χ4n) is 2.60. The number of carboxylic acid groups (broad SMARTS) is 1. The second-order valence-corrected chi connectivity index (χ2v) is 6.37. The molecule has 6 heteroatoms. The molecule has 0 amide bonds. The molecule has 3 rings (SSSR count). The maximum Gasteiger partial charge on any atom is 0.325 e. The minimum Gasteiger partial charge on any atom is -0.490 e. The molecule has 1 aliphatic rings. The second-order valence-electron chi connectivity index (χ2n) is 5.52. The smallest absolute Gasteiger partial charge is 0.325 e. The summed E-state index contributed by atoms with van der Waals surface area (Å²) in [5.74, 6) is 0.481. The van der Waals surface area contributed by atoms with Crippen LogP contribution in [0.1, 0.15) is 23.6 Å². The highest BCUT2D eigenvalue weighted by atomic mass is 79.9. The first-order chi connectivity index (χ1) is 11.6. The van der Waals surface area contributed by atoms with Gasteiger partial charge in [0, 0.05) is 13.0 Å². The molecule has 126 valence electrons. The molecule has 5 nitrogen and oxygen atoms in total. The van der Waals surface area contributed by atoms with Gasteiger partial charge >= 0.3 is 5.97 Å². The number of rotatable bonds is 5. The van der Waals surface area contributed by atoms with E-state index in [1.807, 2.05) is 30.3 Å². The summed E-state index contributed by atoms with van der Waals surface area (Å²) >= 11 is 3.50. The summed E-state index contributed by atoms with van der Waals surface area (Å²) < 4.78 is 12.2. The first kappa shape index (κ1) is 16.8. The Kier molecular flexibility index (Phi) is 5.37. The van der Waals surface area contributed by atoms with E-state index >= 15 is 0 Å². The van der Waals surface area contributed by atoms with E-state index in [0.717, 1.165) is 22.0 Å². The molecule has 0 bridgehead atoms. The van der Waals surface area contributed by atoms with Crippen LogP contribution in [0, 0.1) is 0 Å². The van der Waals surface area contributed by atoms with E-state index in [9.17, 15) is 9.90 Å². The Morgan fingerprint density at radius 1 is 1.21 bits per heavy atom. The van der Waals surface area contributed by atoms with Crippen LogP contribution in [-0.4, -0.2) is 24.3 Å². The molecule has 24 heavy (non-hydrogen) atoms. The van der Waals surface area contributed by atoms with Crippen molar-refractivity contribution in [2.45, 2.75) is 19.0 Å². The number of benzene rings is 2. The van der Waals surface area contributed by atoms with Crippen molar-refractivity contribution in [3.63, 3.8) is 0 Å². The third-order valence-corrected chi connectivity index (χ3v) is 4.34. The van der Waals surface area contributed by atoms with Crippen molar-refractivity contribution in [3.05, 3.63) is 58.1 Å². The van der Waals surface area contributed by atoms with Gasteiger partial charge in [-0.05, 0) is 39.2 Å². The van der Waals surface area contributed by atoms with Gasteiger partial charge in [0.2, 0.25) is 0 Å². The third kappa shape index (κ3) is 3.88. The van der Waals surface area contributed by atoms with Crippen molar-refractivity contribution in [3.8, 4) is 11.5 Å². The molecule has 1 aliphatic heterocycles. The lowest BCUT2D eigenvalue weighted by Crippen LogP contribution is -2.28. The molecule has 0 aliphatic carbocycles. The number of carboxylic acids is 1. The van der Waals surface area contributed by atoms with Gasteiger partial charge in [0.15, 0.2) is 11.5 Å². The average molecular weight is 392 g/mol. The number of carbonyl (C=O) groups is 1. The first-order valence-electron chi connectivity index (χ1n) is 7.74. The summed E-state index contributed by atoms with van der Waals surface area (Å²) in [6.45, 7) is 1.64. The van der Waals surface area contributed by atoms with Gasteiger partial charge in [0.05, 0.1) is 17.7 Å². The lowest BCUT2D eigenvalue weighted by Gasteiger charge is -2.16. The van der Waals surface area contributed by atoms with Gasteiger partial charge in [-0.25, -0.2) is 0 Å². The second kappa shape index (κ2) is 7.68. The molecular formula is C18H18BrNO4. The van der Waals surface area contributed by atoms with Gasteiger partial charge in [-0.2, -0.15) is 0 Å². The lowest BCUT2D eigenvalue weighted by molar-refractivity contribution is -0.139. The van der Waals surface area contributed by atoms with Crippen molar-refractivity contribution in [1.29, 1.82) is 0 Å². The number of hydrogen-bond donors (Lipinski definition) is 2. The number of aliphatic carboxylic acids is 1. The molecule has 1 heterocycles. The monoisotopic (exact) mass is 391 g/mol. The van der Waals surface area contributed by atoms with Crippen LogP contribution in [0.15, 0.2) is 46.9 Å². The average Bonchev–Trinajstić information content (AvgIpc) is 2.81. The fraction of sp³-hybridized carbons (Fsp3) is 0.278. The Labute approximate surface area is 148 Å². The van der Waals surface area contributed by atoms with E-state index in [-0.39, 0.29) is 0 Å². The van der Waals surface area contributed by atoms with Crippen molar-refractivity contribution in [1.82, 2.24) is 5.32 Å². The van der Waals surface area contributed by atoms with Gasteiger partial charge in [-0.15, -0.1) is 0 Å². The number of fused-ring (bicyclic) bond motifs is 1. The van der Waals surface area contributed by atoms with Crippen LogP contribution in [0.4, 0.5) is 0 Å². The normalized spacial score (nSPS) is 14.7. The first-order valence-corrected chi connectivity index (χ1v) is 8.53. The largest absolute Gasteiger partial charge is 0.490 e. The molecule has 0 radical (unpaired) electrons. The maximum absolute atomic E-state index is 11.5. The highest BCUT2D eigenvalue weighted by Crippen LogP contribution is 2.38. The predicted molar refractivity (Wildman–Crippen MR) is 93.4 cm³/mol. The van der Waals surface area contributed by atoms with E-state index in [2.05, 4.69) is 21.2 Å². The van der Waals surface area contributed by atoms with Gasteiger partial charge in [0.25, 0.3) is 0 Å². The predicted octanol–water partition coefficient (Wildman–Crippen LogP) is 3.53. The van der Waals surface area contributed by atoms with Crippen LogP contribution >= 0.6 is 15.9 Å². The molecule has 0 unspecified atom stereocenters. The zero-order valence-electron chi connectivity index (χ0n) is 13.0. The summed E-state index contributed by atoms with van der Waals surface area (Å²) in [6, 6.07) is 12.2. The van der Waals surface area contributed by atoms with Crippen LogP contribution in [0.3, 0.4) is 0 Å². The molecule has 0 saturated heterocycles. The SMILES string of the molecule is O=C(O)[C@H](NCc1cc(Br)c2c(c1)OCCCO2)c1ccccc1. The summed E-state index contributed by atoms with van der Waals surface area (Å²) in [6.07, 6.45) is 0.837. The molecule has 2 aromatic carbocycles. The molecular weight excluding hydrogens is 374 g/mol. The van der Waals surface area contributed by atoms with Gasteiger partial charge in [-0.3, -0.25) is 10.1 Å². The lowest BCUT2D eigenvalue weighted by atomic mass is 10.1. The van der Waals surface area contributed by atoms with Gasteiger partial charge in [0.1, 0.15) is 6.04 Å². The minimum atomic E-state index is -0.908. The fourth-order valence-corrected chi connectivity index (χ4v) is 3.20. The van der Waals surface area contributed by atoms with Crippen LogP contribution < -0.4 is 14.8 Å². The Balaban J connectivity index is 1.77. The highest BCUT2D eigenvalue weighted by Gasteiger charge is 2.20. The summed E-state index contributed by atoms with van der Waals surface area (Å²) in [5, 5.41) is 12.6. The highest BCUT2D eigenvalue weighted by molar-refractivity contribution is 9.10. The Bertz CT molecular complexity index is 720. The number of nitrogens with one attached hydrogen (secondary N) is 1. The molecule has 0 spiro atoms. The molecule has 2 aromatic rings. The maximum atomic E-state index is 11.5. The van der Waals surface area contributed by atoms with Crippen molar-refractivity contribution < 1.29 is 19.4 Å². The Morgan fingerprint density at radius 2 is 1.96 bits per heavy atom. The topological polar surface area (TPSA) is 67.8 Å². The molecule has 2 N–H and O–H groups in total. The number of ether oxygens (including phenoxy) is 2. The Hall–Kier alpha value is -2.05. The number of halogens is 1. The van der Waals surface area contributed by atoms with Crippen LogP contribution in [0.5, 0.6) is 11.5 Å². The zero-order valence-corrected chi connectivity index (χ0v) is 14.6. The van der Waals surface area contributed by atoms with Crippen LogP contribution in [-0.2, 0) is 11.3 Å². The van der Waals surface area contributed by atoms with E-state index in [0.29, 0.717) is 31.3 Å². The van der Waals surface area contributed by atoms with Gasteiger partial charge in [-0.1, -0.05) is 30.3 Å². The summed E-state index contributed by atoms with van der Waals surface area (Å²) in [5.41, 5.74) is 1.65. The molecule has 1 atom stereocenters. The van der Waals surface area contributed by atoms with Crippen molar-refractivity contribution in [2.24, 2.45) is 0 Å².